The van der Waals surface area contributed by atoms with Crippen molar-refractivity contribution in [1.82, 2.24) is 4.57 Å². The summed E-state index contributed by atoms with van der Waals surface area (Å²) in [6.07, 6.45) is -1.02. The van der Waals surface area contributed by atoms with Crippen LogP contribution in [0.15, 0.2) is 42.7 Å². The molecule has 2 nitrogen and oxygen atoms in total. The average molecular weight is 299 g/mol. The number of para-hydroxylation sites is 1. The number of ether oxygens (including phenoxy) is 1. The number of nitrogens with zero attached hydrogens (tertiary/aromatic N) is 1. The zero-order chi connectivity index (χ0) is 14.2. The maximum absolute atomic E-state index is 13.0. The molecule has 1 saturated heterocycles. The van der Waals surface area contributed by atoms with Crippen LogP contribution in [0.2, 0.25) is 0 Å². The molecular formula is C14H12F3NOS. The Balaban J connectivity index is 1.97. The van der Waals surface area contributed by atoms with Gasteiger partial charge in [-0.1, -0.05) is 12.1 Å². The molecule has 1 aliphatic rings. The molecule has 1 aliphatic heterocycles. The van der Waals surface area contributed by atoms with E-state index in [1.165, 1.54) is 16.7 Å². The Labute approximate surface area is 118 Å². The maximum atomic E-state index is 13.0. The topological polar surface area (TPSA) is 14.2 Å². The number of alkyl halides is 3. The monoisotopic (exact) mass is 299 g/mol. The second kappa shape index (κ2) is 5.18. The van der Waals surface area contributed by atoms with Gasteiger partial charge >= 0.3 is 6.18 Å². The van der Waals surface area contributed by atoms with Crippen LogP contribution >= 0.6 is 11.8 Å². The van der Waals surface area contributed by atoms with Crippen LogP contribution in [0.5, 0.6) is 0 Å². The first-order chi connectivity index (χ1) is 9.55. The Morgan fingerprint density at radius 1 is 1.20 bits per heavy atom. The molecular weight excluding hydrogens is 287 g/mol. The van der Waals surface area contributed by atoms with E-state index in [2.05, 4.69) is 0 Å². The molecule has 20 heavy (non-hydrogen) atoms. The molecule has 6 heteroatoms. The average Bonchev–Trinajstić information content (AvgIpc) is 3.09. The summed E-state index contributed by atoms with van der Waals surface area (Å²) in [7, 11) is 0. The van der Waals surface area contributed by atoms with Crippen LogP contribution in [0.1, 0.15) is 16.6 Å². The number of benzene rings is 1. The molecule has 1 atom stereocenters. The SMILES string of the molecule is FC(F)(F)c1ccccc1-n1ccc([C@H]2OCCS2)c1. The number of hydrogen-bond donors (Lipinski definition) is 0. The number of thioether (sulfide) groups is 1. The van der Waals surface area contributed by atoms with Gasteiger partial charge < -0.3 is 9.30 Å². The lowest BCUT2D eigenvalue weighted by Crippen LogP contribution is -2.09. The van der Waals surface area contributed by atoms with Gasteiger partial charge in [-0.15, -0.1) is 11.8 Å². The van der Waals surface area contributed by atoms with Crippen molar-refractivity contribution in [3.63, 3.8) is 0 Å². The van der Waals surface area contributed by atoms with Crippen LogP contribution in [-0.4, -0.2) is 16.9 Å². The van der Waals surface area contributed by atoms with E-state index in [0.29, 0.717) is 6.61 Å². The summed E-state index contributed by atoms with van der Waals surface area (Å²) in [5.74, 6) is 0.912. The van der Waals surface area contributed by atoms with Crippen molar-refractivity contribution in [1.29, 1.82) is 0 Å². The standard InChI is InChI=1S/C14H12F3NOS/c15-14(16,17)11-3-1-2-4-12(11)18-6-5-10(9-18)13-19-7-8-20-13/h1-6,9,13H,7-8H2/t13-/m0/s1. The van der Waals surface area contributed by atoms with Crippen molar-refractivity contribution in [3.8, 4) is 5.69 Å². The Kier molecular flexibility index (Phi) is 3.52. The van der Waals surface area contributed by atoms with Gasteiger partial charge in [0.25, 0.3) is 0 Å². The van der Waals surface area contributed by atoms with Gasteiger partial charge in [0, 0.05) is 23.7 Å². The normalized spacial score (nSPS) is 19.4. The zero-order valence-corrected chi connectivity index (χ0v) is 11.2. The highest BCUT2D eigenvalue weighted by atomic mass is 32.2. The number of rotatable bonds is 2. The minimum atomic E-state index is -4.36. The van der Waals surface area contributed by atoms with Crippen LogP contribution in [0, 0.1) is 0 Å². The number of halogens is 3. The third-order valence-corrected chi connectivity index (χ3v) is 4.21. The molecule has 0 bridgehead atoms. The first kappa shape index (κ1) is 13.6. The molecule has 0 aliphatic carbocycles. The second-order valence-corrected chi connectivity index (χ2v) is 5.61. The lowest BCUT2D eigenvalue weighted by Gasteiger charge is -2.13. The van der Waals surface area contributed by atoms with E-state index in [4.69, 9.17) is 4.74 Å². The molecule has 2 heterocycles. The lowest BCUT2D eigenvalue weighted by atomic mass is 10.1. The van der Waals surface area contributed by atoms with Gasteiger partial charge in [-0.3, -0.25) is 0 Å². The molecule has 0 amide bonds. The first-order valence-corrected chi connectivity index (χ1v) is 7.18. The summed E-state index contributed by atoms with van der Waals surface area (Å²) >= 11 is 1.66. The quantitative estimate of drug-likeness (QED) is 0.822. The first-order valence-electron chi connectivity index (χ1n) is 6.13. The minimum Gasteiger partial charge on any atom is -0.362 e. The summed E-state index contributed by atoms with van der Waals surface area (Å²) in [6, 6.07) is 7.36. The third kappa shape index (κ3) is 2.58. The van der Waals surface area contributed by atoms with Crippen molar-refractivity contribution in [2.75, 3.05) is 12.4 Å². The zero-order valence-electron chi connectivity index (χ0n) is 10.4. The predicted octanol–water partition coefficient (Wildman–Crippen LogP) is 4.26. The van der Waals surface area contributed by atoms with Crippen LogP contribution in [-0.2, 0) is 10.9 Å². The summed E-state index contributed by atoms with van der Waals surface area (Å²) < 4.78 is 46.0. The highest BCUT2D eigenvalue weighted by molar-refractivity contribution is 7.99. The fourth-order valence-electron chi connectivity index (χ4n) is 2.19. The van der Waals surface area contributed by atoms with Crippen molar-refractivity contribution >= 4 is 11.8 Å². The lowest BCUT2D eigenvalue weighted by molar-refractivity contribution is -0.137. The van der Waals surface area contributed by atoms with Crippen molar-refractivity contribution < 1.29 is 17.9 Å². The molecule has 106 valence electrons. The molecule has 1 aromatic carbocycles. The molecule has 0 N–H and O–H groups in total. The summed E-state index contributed by atoms with van der Waals surface area (Å²) in [6.45, 7) is 0.680. The van der Waals surface area contributed by atoms with Gasteiger partial charge in [-0.05, 0) is 18.2 Å². The van der Waals surface area contributed by atoms with Gasteiger partial charge in [-0.2, -0.15) is 13.2 Å². The highest BCUT2D eigenvalue weighted by Crippen LogP contribution is 2.37. The number of hydrogen-bond acceptors (Lipinski definition) is 2. The van der Waals surface area contributed by atoms with Crippen molar-refractivity contribution in [2.24, 2.45) is 0 Å². The molecule has 3 rings (SSSR count). The summed E-state index contributed by atoms with van der Waals surface area (Å²) in [4.78, 5) is 0. The Hall–Kier alpha value is -1.40. The molecule has 0 spiro atoms. The highest BCUT2D eigenvalue weighted by Gasteiger charge is 2.33. The van der Waals surface area contributed by atoms with Gasteiger partial charge in [0.1, 0.15) is 5.44 Å². The third-order valence-electron chi connectivity index (χ3n) is 3.10. The smallest absolute Gasteiger partial charge is 0.362 e. The van der Waals surface area contributed by atoms with E-state index in [0.717, 1.165) is 17.4 Å². The van der Waals surface area contributed by atoms with Crippen LogP contribution in [0.4, 0.5) is 13.2 Å². The van der Waals surface area contributed by atoms with Gasteiger partial charge in [-0.25, -0.2) is 0 Å². The van der Waals surface area contributed by atoms with Gasteiger partial charge in [0.05, 0.1) is 17.9 Å². The van der Waals surface area contributed by atoms with E-state index < -0.39 is 11.7 Å². The maximum Gasteiger partial charge on any atom is 0.418 e. The minimum absolute atomic E-state index is 0.0747. The molecule has 0 saturated carbocycles. The fraction of sp³-hybridized carbons (Fsp3) is 0.286. The van der Waals surface area contributed by atoms with Gasteiger partial charge in [0.15, 0.2) is 0 Å². The summed E-state index contributed by atoms with van der Waals surface area (Å²) in [5, 5.41) is 0. The molecule has 1 fully saturated rings. The van der Waals surface area contributed by atoms with E-state index in [-0.39, 0.29) is 11.1 Å². The van der Waals surface area contributed by atoms with Crippen LogP contribution < -0.4 is 0 Å². The molecule has 1 aromatic heterocycles. The Morgan fingerprint density at radius 2 is 2.00 bits per heavy atom. The molecule has 2 aromatic rings. The van der Waals surface area contributed by atoms with E-state index in [1.807, 2.05) is 0 Å². The summed E-state index contributed by atoms with van der Waals surface area (Å²) in [5.41, 5.74) is 0.315. The van der Waals surface area contributed by atoms with E-state index in [9.17, 15) is 13.2 Å². The fourth-order valence-corrected chi connectivity index (χ4v) is 3.12. The van der Waals surface area contributed by atoms with E-state index >= 15 is 0 Å². The molecule has 0 radical (unpaired) electrons. The Morgan fingerprint density at radius 3 is 2.70 bits per heavy atom. The Bertz CT molecular complexity index is 602. The van der Waals surface area contributed by atoms with Crippen LogP contribution in [0.3, 0.4) is 0 Å². The largest absolute Gasteiger partial charge is 0.418 e. The van der Waals surface area contributed by atoms with Crippen molar-refractivity contribution in [2.45, 2.75) is 11.6 Å². The second-order valence-electron chi connectivity index (χ2n) is 4.44. The van der Waals surface area contributed by atoms with E-state index in [1.54, 1.807) is 36.3 Å². The van der Waals surface area contributed by atoms with Gasteiger partial charge in [0.2, 0.25) is 0 Å². The van der Waals surface area contributed by atoms with Crippen molar-refractivity contribution in [3.05, 3.63) is 53.9 Å². The predicted molar refractivity (Wildman–Crippen MR) is 71.9 cm³/mol. The number of aromatic nitrogens is 1. The molecule has 0 unspecified atom stereocenters. The van der Waals surface area contributed by atoms with Crippen LogP contribution in [0.25, 0.3) is 5.69 Å².